The van der Waals surface area contributed by atoms with Crippen molar-refractivity contribution in [2.45, 2.75) is 25.8 Å². The summed E-state index contributed by atoms with van der Waals surface area (Å²) in [5.41, 5.74) is 1.20. The van der Waals surface area contributed by atoms with E-state index in [0.717, 1.165) is 18.2 Å². The number of aromatic nitrogens is 1. The van der Waals surface area contributed by atoms with E-state index in [2.05, 4.69) is 22.9 Å². The second-order valence-electron chi connectivity index (χ2n) is 5.10. The second kappa shape index (κ2) is 6.06. The van der Waals surface area contributed by atoms with Crippen LogP contribution in [0.2, 0.25) is 0 Å². The van der Waals surface area contributed by atoms with E-state index in [4.69, 9.17) is 4.74 Å². The van der Waals surface area contributed by atoms with Crippen molar-refractivity contribution >= 4 is 0 Å². The van der Waals surface area contributed by atoms with Gasteiger partial charge in [0.15, 0.2) is 0 Å². The Morgan fingerprint density at radius 2 is 2.05 bits per heavy atom. The highest BCUT2D eigenvalue weighted by Gasteiger charge is 2.27. The Hall–Kier alpha value is -1.87. The highest BCUT2D eigenvalue weighted by molar-refractivity contribution is 5.34. The van der Waals surface area contributed by atoms with Gasteiger partial charge in [-0.25, -0.2) is 4.98 Å². The van der Waals surface area contributed by atoms with Gasteiger partial charge in [0.2, 0.25) is 5.88 Å². The molecule has 0 saturated carbocycles. The SMILES string of the molecule is CCN1CCC[C@H]1c1cccnc1Oc1ccccc1. The van der Waals surface area contributed by atoms with Crippen LogP contribution in [0.15, 0.2) is 48.7 Å². The molecule has 1 aliphatic rings. The van der Waals surface area contributed by atoms with Gasteiger partial charge in [-0.15, -0.1) is 0 Å². The lowest BCUT2D eigenvalue weighted by atomic mass is 10.1. The third kappa shape index (κ3) is 2.68. The largest absolute Gasteiger partial charge is 0.439 e. The summed E-state index contributed by atoms with van der Waals surface area (Å²) in [5, 5.41) is 0. The van der Waals surface area contributed by atoms with Crippen LogP contribution in [0, 0.1) is 0 Å². The maximum Gasteiger partial charge on any atom is 0.223 e. The van der Waals surface area contributed by atoms with Crippen LogP contribution in [0.4, 0.5) is 0 Å². The number of hydrogen-bond acceptors (Lipinski definition) is 3. The Labute approximate surface area is 120 Å². The molecule has 1 saturated heterocycles. The fourth-order valence-corrected chi connectivity index (χ4v) is 2.90. The molecule has 0 radical (unpaired) electrons. The summed E-state index contributed by atoms with van der Waals surface area (Å²) >= 11 is 0. The Morgan fingerprint density at radius 1 is 1.20 bits per heavy atom. The molecule has 0 aliphatic carbocycles. The smallest absolute Gasteiger partial charge is 0.223 e. The lowest BCUT2D eigenvalue weighted by Gasteiger charge is -2.24. The molecule has 2 aromatic rings. The summed E-state index contributed by atoms with van der Waals surface area (Å²) < 4.78 is 5.98. The van der Waals surface area contributed by atoms with Crippen molar-refractivity contribution in [1.82, 2.24) is 9.88 Å². The van der Waals surface area contributed by atoms with Crippen LogP contribution in [-0.2, 0) is 0 Å². The monoisotopic (exact) mass is 268 g/mol. The summed E-state index contributed by atoms with van der Waals surface area (Å²) in [6.45, 7) is 4.46. The van der Waals surface area contributed by atoms with Crippen molar-refractivity contribution in [2.24, 2.45) is 0 Å². The zero-order valence-corrected chi connectivity index (χ0v) is 11.8. The van der Waals surface area contributed by atoms with Gasteiger partial charge in [-0.2, -0.15) is 0 Å². The summed E-state index contributed by atoms with van der Waals surface area (Å²) in [5.74, 6) is 1.58. The number of pyridine rings is 1. The van der Waals surface area contributed by atoms with Crippen LogP contribution in [-0.4, -0.2) is 23.0 Å². The van der Waals surface area contributed by atoms with Gasteiger partial charge in [0.05, 0.1) is 0 Å². The van der Waals surface area contributed by atoms with Crippen molar-refractivity contribution < 1.29 is 4.74 Å². The van der Waals surface area contributed by atoms with Crippen molar-refractivity contribution in [3.63, 3.8) is 0 Å². The molecule has 1 fully saturated rings. The van der Waals surface area contributed by atoms with Crippen molar-refractivity contribution in [3.05, 3.63) is 54.2 Å². The first-order chi connectivity index (χ1) is 9.88. The van der Waals surface area contributed by atoms with Crippen molar-refractivity contribution in [2.75, 3.05) is 13.1 Å². The zero-order valence-electron chi connectivity index (χ0n) is 11.8. The van der Waals surface area contributed by atoms with Crippen LogP contribution in [0.1, 0.15) is 31.4 Å². The number of hydrogen-bond donors (Lipinski definition) is 0. The number of ether oxygens (including phenoxy) is 1. The average Bonchev–Trinajstić information content (AvgIpc) is 2.97. The minimum absolute atomic E-state index is 0.437. The second-order valence-corrected chi connectivity index (χ2v) is 5.10. The first-order valence-electron chi connectivity index (χ1n) is 7.30. The molecule has 1 aromatic heterocycles. The molecule has 0 amide bonds. The maximum absolute atomic E-state index is 5.98. The summed E-state index contributed by atoms with van der Waals surface area (Å²) in [6, 6.07) is 14.4. The van der Waals surface area contributed by atoms with E-state index in [9.17, 15) is 0 Å². The molecular weight excluding hydrogens is 248 g/mol. The van der Waals surface area contributed by atoms with Gasteiger partial charge in [0.1, 0.15) is 5.75 Å². The molecule has 3 nitrogen and oxygen atoms in total. The van der Waals surface area contributed by atoms with E-state index in [1.165, 1.54) is 24.9 Å². The highest BCUT2D eigenvalue weighted by atomic mass is 16.5. The van der Waals surface area contributed by atoms with E-state index in [1.54, 1.807) is 6.20 Å². The number of benzene rings is 1. The number of para-hydroxylation sites is 1. The van der Waals surface area contributed by atoms with Gasteiger partial charge < -0.3 is 4.74 Å². The predicted octanol–water partition coefficient (Wildman–Crippen LogP) is 4.03. The van der Waals surface area contributed by atoms with E-state index >= 15 is 0 Å². The van der Waals surface area contributed by atoms with Crippen molar-refractivity contribution in [3.8, 4) is 11.6 Å². The van der Waals surface area contributed by atoms with E-state index in [0.29, 0.717) is 6.04 Å². The fraction of sp³-hybridized carbons (Fsp3) is 0.353. The molecule has 2 heterocycles. The molecular formula is C17H20N2O. The molecule has 3 heteroatoms. The molecule has 0 bridgehead atoms. The molecule has 1 atom stereocenters. The standard InChI is InChI=1S/C17H20N2O/c1-2-19-13-7-11-16(19)15-10-6-12-18-17(15)20-14-8-4-3-5-9-14/h3-6,8-10,12,16H,2,7,11,13H2,1H3/t16-/m0/s1. The first-order valence-corrected chi connectivity index (χ1v) is 7.30. The quantitative estimate of drug-likeness (QED) is 0.837. The summed E-state index contributed by atoms with van der Waals surface area (Å²) in [6.07, 6.45) is 4.23. The molecule has 1 aromatic carbocycles. The average molecular weight is 268 g/mol. The molecule has 3 rings (SSSR count). The normalized spacial score (nSPS) is 19.1. The van der Waals surface area contributed by atoms with Gasteiger partial charge in [0, 0.05) is 17.8 Å². The third-order valence-electron chi connectivity index (χ3n) is 3.89. The summed E-state index contributed by atoms with van der Waals surface area (Å²) in [7, 11) is 0. The zero-order chi connectivity index (χ0) is 13.8. The van der Waals surface area contributed by atoms with Gasteiger partial charge in [-0.3, -0.25) is 4.90 Å². The Balaban J connectivity index is 1.88. The molecule has 0 N–H and O–H groups in total. The van der Waals surface area contributed by atoms with E-state index in [-0.39, 0.29) is 0 Å². The van der Waals surface area contributed by atoms with Gasteiger partial charge in [-0.05, 0) is 44.1 Å². The minimum atomic E-state index is 0.437. The number of likely N-dealkylation sites (tertiary alicyclic amines) is 1. The van der Waals surface area contributed by atoms with Gasteiger partial charge in [-0.1, -0.05) is 31.2 Å². The maximum atomic E-state index is 5.98. The highest BCUT2D eigenvalue weighted by Crippen LogP contribution is 2.36. The molecule has 1 aliphatic heterocycles. The van der Waals surface area contributed by atoms with Crippen molar-refractivity contribution in [1.29, 1.82) is 0 Å². The number of rotatable bonds is 4. The first kappa shape index (κ1) is 13.1. The van der Waals surface area contributed by atoms with E-state index in [1.807, 2.05) is 36.4 Å². The lowest BCUT2D eigenvalue weighted by molar-refractivity contribution is 0.265. The van der Waals surface area contributed by atoms with Crippen LogP contribution >= 0.6 is 0 Å². The summed E-state index contributed by atoms with van der Waals surface area (Å²) in [4.78, 5) is 6.93. The van der Waals surface area contributed by atoms with Crippen LogP contribution in [0.3, 0.4) is 0 Å². The molecule has 20 heavy (non-hydrogen) atoms. The van der Waals surface area contributed by atoms with Gasteiger partial charge in [0.25, 0.3) is 0 Å². The molecule has 104 valence electrons. The Bertz CT molecular complexity index is 556. The number of nitrogens with zero attached hydrogens (tertiary/aromatic N) is 2. The topological polar surface area (TPSA) is 25.4 Å². The fourth-order valence-electron chi connectivity index (χ4n) is 2.90. The van der Waals surface area contributed by atoms with E-state index < -0.39 is 0 Å². The Kier molecular flexibility index (Phi) is 3.97. The molecule has 0 unspecified atom stereocenters. The third-order valence-corrected chi connectivity index (χ3v) is 3.89. The Morgan fingerprint density at radius 3 is 2.85 bits per heavy atom. The molecule has 0 spiro atoms. The van der Waals surface area contributed by atoms with Gasteiger partial charge >= 0.3 is 0 Å². The predicted molar refractivity (Wildman–Crippen MR) is 80.0 cm³/mol. The van der Waals surface area contributed by atoms with Crippen LogP contribution in [0.5, 0.6) is 11.6 Å². The minimum Gasteiger partial charge on any atom is -0.439 e. The lowest BCUT2D eigenvalue weighted by Crippen LogP contribution is -2.23. The van der Waals surface area contributed by atoms with Crippen LogP contribution < -0.4 is 4.74 Å². The van der Waals surface area contributed by atoms with Crippen LogP contribution in [0.25, 0.3) is 0 Å².